The summed E-state index contributed by atoms with van der Waals surface area (Å²) in [5, 5.41) is 3.28. The van der Waals surface area contributed by atoms with E-state index in [1.807, 2.05) is 72.8 Å². The highest BCUT2D eigenvalue weighted by Gasteiger charge is 2.09. The standard InChI is InChI=1S/C28H26N4O3/c1-2-27(33)35-18-17-34-24-15-13-22(14-16-24)20-26-30-25(19-21-9-5-3-6-10-21)31-28(32-26)29-23-11-7-4-8-12-23/h2-16H,1,17-20H2,(H,29,30,31,32). The number of para-hydroxylation sites is 1. The fourth-order valence-corrected chi connectivity index (χ4v) is 3.36. The van der Waals surface area contributed by atoms with E-state index in [1.165, 1.54) is 0 Å². The first-order valence-corrected chi connectivity index (χ1v) is 11.3. The molecule has 0 unspecified atom stereocenters. The average Bonchev–Trinajstić information content (AvgIpc) is 2.88. The Labute approximate surface area is 204 Å². The first kappa shape index (κ1) is 23.6. The molecule has 4 rings (SSSR count). The monoisotopic (exact) mass is 466 g/mol. The summed E-state index contributed by atoms with van der Waals surface area (Å²) < 4.78 is 10.5. The largest absolute Gasteiger partial charge is 0.490 e. The lowest BCUT2D eigenvalue weighted by atomic mass is 10.1. The van der Waals surface area contributed by atoms with Crippen LogP contribution in [0.15, 0.2) is 97.6 Å². The van der Waals surface area contributed by atoms with Gasteiger partial charge in [-0.2, -0.15) is 9.97 Å². The molecule has 4 aromatic rings. The van der Waals surface area contributed by atoms with Gasteiger partial charge >= 0.3 is 5.97 Å². The van der Waals surface area contributed by atoms with Gasteiger partial charge < -0.3 is 14.8 Å². The van der Waals surface area contributed by atoms with Gasteiger partial charge in [0, 0.05) is 24.6 Å². The Morgan fingerprint density at radius 1 is 0.771 bits per heavy atom. The van der Waals surface area contributed by atoms with Crippen molar-refractivity contribution in [2.75, 3.05) is 18.5 Å². The summed E-state index contributed by atoms with van der Waals surface area (Å²) in [7, 11) is 0. The third-order valence-electron chi connectivity index (χ3n) is 5.01. The minimum absolute atomic E-state index is 0.166. The van der Waals surface area contributed by atoms with Gasteiger partial charge in [-0.3, -0.25) is 0 Å². The average molecular weight is 467 g/mol. The Bertz CT molecular complexity index is 1190. The van der Waals surface area contributed by atoms with Crippen molar-refractivity contribution < 1.29 is 14.3 Å². The lowest BCUT2D eigenvalue weighted by Crippen LogP contribution is -2.10. The predicted molar refractivity (Wildman–Crippen MR) is 135 cm³/mol. The summed E-state index contributed by atoms with van der Waals surface area (Å²) in [4.78, 5) is 25.1. The number of nitrogens with one attached hydrogen (secondary N) is 1. The van der Waals surface area contributed by atoms with Crippen LogP contribution in [0.1, 0.15) is 22.8 Å². The van der Waals surface area contributed by atoms with Crippen LogP contribution < -0.4 is 10.1 Å². The molecule has 1 aromatic heterocycles. The van der Waals surface area contributed by atoms with Gasteiger partial charge in [0.25, 0.3) is 0 Å². The summed E-state index contributed by atoms with van der Waals surface area (Å²) in [6, 6.07) is 27.6. The van der Waals surface area contributed by atoms with Crippen LogP contribution in [0.2, 0.25) is 0 Å². The maximum Gasteiger partial charge on any atom is 0.330 e. The first-order chi connectivity index (χ1) is 17.2. The Morgan fingerprint density at radius 3 is 2.00 bits per heavy atom. The highest BCUT2D eigenvalue weighted by atomic mass is 16.6. The lowest BCUT2D eigenvalue weighted by Gasteiger charge is -2.10. The maximum absolute atomic E-state index is 11.1. The second-order valence-corrected chi connectivity index (χ2v) is 7.69. The Hall–Kier alpha value is -4.52. The molecule has 0 amide bonds. The number of carbonyl (C=O) groups excluding carboxylic acids is 1. The maximum atomic E-state index is 11.1. The first-order valence-electron chi connectivity index (χ1n) is 11.3. The zero-order chi connectivity index (χ0) is 24.3. The van der Waals surface area contributed by atoms with E-state index in [0.717, 1.165) is 22.9 Å². The fraction of sp³-hybridized carbons (Fsp3) is 0.143. The van der Waals surface area contributed by atoms with E-state index in [9.17, 15) is 4.79 Å². The van der Waals surface area contributed by atoms with E-state index in [2.05, 4.69) is 34.0 Å². The number of rotatable bonds is 11. The molecule has 0 fully saturated rings. The van der Waals surface area contributed by atoms with Crippen molar-refractivity contribution in [2.24, 2.45) is 0 Å². The molecular weight excluding hydrogens is 440 g/mol. The molecule has 3 aromatic carbocycles. The van der Waals surface area contributed by atoms with Crippen molar-refractivity contribution in [3.05, 3.63) is 120 Å². The third-order valence-corrected chi connectivity index (χ3v) is 5.01. The Morgan fingerprint density at radius 2 is 1.37 bits per heavy atom. The van der Waals surface area contributed by atoms with E-state index < -0.39 is 5.97 Å². The topological polar surface area (TPSA) is 86.2 Å². The minimum Gasteiger partial charge on any atom is -0.490 e. The highest BCUT2D eigenvalue weighted by Crippen LogP contribution is 2.17. The lowest BCUT2D eigenvalue weighted by molar-refractivity contribution is -0.138. The molecule has 176 valence electrons. The van der Waals surface area contributed by atoms with Gasteiger partial charge in [-0.1, -0.05) is 67.2 Å². The van der Waals surface area contributed by atoms with Gasteiger partial charge in [-0.25, -0.2) is 9.78 Å². The number of benzene rings is 3. The molecule has 0 atom stereocenters. The van der Waals surface area contributed by atoms with Crippen LogP contribution in [0.5, 0.6) is 5.75 Å². The highest BCUT2D eigenvalue weighted by molar-refractivity contribution is 5.81. The second-order valence-electron chi connectivity index (χ2n) is 7.69. The Kier molecular flexibility index (Phi) is 8.16. The van der Waals surface area contributed by atoms with E-state index in [-0.39, 0.29) is 13.2 Å². The number of hydrogen-bond acceptors (Lipinski definition) is 7. The third kappa shape index (κ3) is 7.50. The number of anilines is 2. The number of aromatic nitrogens is 3. The van der Waals surface area contributed by atoms with Gasteiger partial charge in [0.05, 0.1) is 0 Å². The van der Waals surface area contributed by atoms with Crippen molar-refractivity contribution in [3.63, 3.8) is 0 Å². The molecule has 0 spiro atoms. The van der Waals surface area contributed by atoms with E-state index in [4.69, 9.17) is 14.5 Å². The van der Waals surface area contributed by atoms with E-state index >= 15 is 0 Å². The van der Waals surface area contributed by atoms with Crippen molar-refractivity contribution in [3.8, 4) is 5.75 Å². The van der Waals surface area contributed by atoms with Crippen molar-refractivity contribution in [1.29, 1.82) is 0 Å². The zero-order valence-electron chi connectivity index (χ0n) is 19.3. The molecule has 0 bridgehead atoms. The molecule has 0 aliphatic rings. The second kappa shape index (κ2) is 12.1. The van der Waals surface area contributed by atoms with Crippen LogP contribution >= 0.6 is 0 Å². The molecule has 0 radical (unpaired) electrons. The molecule has 7 heteroatoms. The van der Waals surface area contributed by atoms with Crippen LogP contribution in [0.3, 0.4) is 0 Å². The summed E-state index contributed by atoms with van der Waals surface area (Å²) >= 11 is 0. The zero-order valence-corrected chi connectivity index (χ0v) is 19.3. The summed E-state index contributed by atoms with van der Waals surface area (Å²) in [5.74, 6) is 2.12. The predicted octanol–water partition coefficient (Wildman–Crippen LogP) is 4.90. The molecule has 1 heterocycles. The van der Waals surface area contributed by atoms with Gasteiger partial charge in [-0.05, 0) is 35.4 Å². The summed E-state index contributed by atoms with van der Waals surface area (Å²) in [5.41, 5.74) is 3.09. The normalized spacial score (nSPS) is 10.4. The summed E-state index contributed by atoms with van der Waals surface area (Å²) in [6.07, 6.45) is 2.29. The van der Waals surface area contributed by atoms with Crippen molar-refractivity contribution >= 4 is 17.6 Å². The quantitative estimate of drug-likeness (QED) is 0.191. The number of ether oxygens (including phenoxy) is 2. The van der Waals surface area contributed by atoms with Crippen molar-refractivity contribution in [2.45, 2.75) is 12.8 Å². The smallest absolute Gasteiger partial charge is 0.330 e. The summed E-state index contributed by atoms with van der Waals surface area (Å²) in [6.45, 7) is 3.79. The minimum atomic E-state index is -0.464. The molecule has 7 nitrogen and oxygen atoms in total. The van der Waals surface area contributed by atoms with Crippen LogP contribution in [0, 0.1) is 0 Å². The number of esters is 1. The van der Waals surface area contributed by atoms with E-state index in [1.54, 1.807) is 0 Å². The number of carbonyl (C=O) groups is 1. The van der Waals surface area contributed by atoms with Gasteiger partial charge in [0.1, 0.15) is 30.6 Å². The molecular formula is C28H26N4O3. The van der Waals surface area contributed by atoms with Gasteiger partial charge in [-0.15, -0.1) is 0 Å². The molecule has 0 aliphatic carbocycles. The van der Waals surface area contributed by atoms with Crippen LogP contribution in [-0.4, -0.2) is 34.1 Å². The van der Waals surface area contributed by atoms with Crippen LogP contribution in [-0.2, 0) is 22.4 Å². The van der Waals surface area contributed by atoms with Crippen LogP contribution in [0.25, 0.3) is 0 Å². The fourth-order valence-electron chi connectivity index (χ4n) is 3.36. The SMILES string of the molecule is C=CC(=O)OCCOc1ccc(Cc2nc(Cc3ccccc3)nc(Nc3ccccc3)n2)cc1. The number of hydrogen-bond donors (Lipinski definition) is 1. The van der Waals surface area contributed by atoms with Crippen LogP contribution in [0.4, 0.5) is 11.6 Å². The van der Waals surface area contributed by atoms with E-state index in [0.29, 0.717) is 36.2 Å². The van der Waals surface area contributed by atoms with Crippen molar-refractivity contribution in [1.82, 2.24) is 15.0 Å². The molecule has 1 N–H and O–H groups in total. The van der Waals surface area contributed by atoms with Gasteiger partial charge in [0.15, 0.2) is 0 Å². The molecule has 0 saturated carbocycles. The Balaban J connectivity index is 1.46. The molecule has 0 aliphatic heterocycles. The molecule has 0 saturated heterocycles. The van der Waals surface area contributed by atoms with Gasteiger partial charge in [0.2, 0.25) is 5.95 Å². The molecule has 35 heavy (non-hydrogen) atoms. The number of nitrogens with zero attached hydrogens (tertiary/aromatic N) is 3.